The van der Waals surface area contributed by atoms with Crippen LogP contribution in [-0.4, -0.2) is 19.9 Å². The van der Waals surface area contributed by atoms with Crippen LogP contribution in [0.4, 0.5) is 0 Å². The van der Waals surface area contributed by atoms with Gasteiger partial charge in [0.05, 0.1) is 33.6 Å². The molecule has 18 aromatic rings. The number of rotatable bonds is 7. The van der Waals surface area contributed by atoms with Gasteiger partial charge in [0.25, 0.3) is 0 Å². The molecule has 474 valence electrons. The zero-order valence-electron chi connectivity index (χ0n) is 54.6. The summed E-state index contributed by atoms with van der Waals surface area (Å²) in [5.74, 6) is 1.30. The second kappa shape index (κ2) is 22.0. The van der Waals surface area contributed by atoms with Gasteiger partial charge in [-0.3, -0.25) is 0 Å². The van der Waals surface area contributed by atoms with E-state index in [1.165, 1.54) is 86.3 Å². The first-order valence-corrected chi connectivity index (χ1v) is 36.2. The molecule has 0 radical (unpaired) electrons. The topological polar surface area (TPSA) is 77.8 Å². The van der Waals surface area contributed by atoms with Crippen LogP contribution in [0.15, 0.2) is 356 Å². The van der Waals surface area contributed by atoms with Crippen molar-refractivity contribution in [2.75, 3.05) is 0 Å². The van der Waals surface area contributed by atoms with E-state index in [9.17, 15) is 0 Å². The van der Waals surface area contributed by atoms with Crippen molar-refractivity contribution in [2.24, 2.45) is 0 Å². The first-order valence-electron chi connectivity index (χ1n) is 34.5. The van der Waals surface area contributed by atoms with Crippen LogP contribution in [0.2, 0.25) is 0 Å². The van der Waals surface area contributed by atoms with Crippen LogP contribution in [0.3, 0.4) is 0 Å². The molecule has 0 fully saturated rings. The lowest BCUT2D eigenvalue weighted by atomic mass is 9.67. The molecule has 1 unspecified atom stereocenters. The molecule has 22 rings (SSSR count). The smallest absolute Gasteiger partial charge is 0.160 e. The molecule has 0 amide bonds. The molecule has 4 aromatic heterocycles. The summed E-state index contributed by atoms with van der Waals surface area (Å²) in [6.45, 7) is 0. The van der Waals surface area contributed by atoms with Crippen LogP contribution < -0.4 is 0 Å². The number of furan rings is 2. The number of hydrogen-bond acceptors (Lipinski definition) is 8. The van der Waals surface area contributed by atoms with Gasteiger partial charge in [-0.15, -0.1) is 0 Å². The van der Waals surface area contributed by atoms with Gasteiger partial charge in [-0.2, -0.15) is 0 Å². The highest BCUT2D eigenvalue weighted by Crippen LogP contribution is 2.65. The number of fused-ring (bicyclic) bond motifs is 24. The molecule has 0 saturated heterocycles. The molecule has 0 N–H and O–H groups in total. The zero-order valence-corrected chi connectivity index (χ0v) is 56.2. The normalized spacial score (nSPS) is 14.7. The van der Waals surface area contributed by atoms with E-state index in [1.54, 1.807) is 0 Å². The zero-order chi connectivity index (χ0) is 66.8. The fourth-order valence-electron chi connectivity index (χ4n) is 17.2. The Labute approximate surface area is 595 Å². The summed E-state index contributed by atoms with van der Waals surface area (Å²) in [5.41, 5.74) is 28.4. The van der Waals surface area contributed by atoms with Gasteiger partial charge < -0.3 is 8.83 Å². The SMILES string of the molecule is c1ccc(-c2cc(-c3ccc4c(c3)C3(c5ccccc5Sc5ccccc53)c3cc5oc6ccccc6c5cc3-4)nc(-c3ccc(-c4cccc(-c5cc(-c6ccc7c(c6)C6(c8ccccc8S7)c7ccccc7-c7cc8oc9ccccc9c8cc76)nc(-c6ccccc6)n5)c4)cc3)n2)cc1. The maximum atomic E-state index is 6.71. The summed E-state index contributed by atoms with van der Waals surface area (Å²) in [7, 11) is 0. The molecular formula is C94H54N4O2S2. The molecule has 1 atom stereocenters. The van der Waals surface area contributed by atoms with Crippen molar-refractivity contribution in [3.63, 3.8) is 0 Å². The van der Waals surface area contributed by atoms with Crippen LogP contribution >= 0.6 is 23.5 Å². The molecule has 6 nitrogen and oxygen atoms in total. The van der Waals surface area contributed by atoms with E-state index in [0.29, 0.717) is 11.6 Å². The minimum atomic E-state index is -0.640. The Morgan fingerprint density at radius 1 is 0.206 bits per heavy atom. The Morgan fingerprint density at radius 2 is 0.608 bits per heavy atom. The van der Waals surface area contributed by atoms with Crippen molar-refractivity contribution in [1.29, 1.82) is 0 Å². The van der Waals surface area contributed by atoms with E-state index in [2.05, 4.69) is 309 Å². The van der Waals surface area contributed by atoms with E-state index in [4.69, 9.17) is 28.8 Å². The third-order valence-electron chi connectivity index (χ3n) is 21.7. The summed E-state index contributed by atoms with van der Waals surface area (Å²) in [5, 5.41) is 4.46. The van der Waals surface area contributed by atoms with Crippen LogP contribution in [0.5, 0.6) is 0 Å². The maximum absolute atomic E-state index is 6.71. The molecule has 4 aliphatic rings. The molecule has 0 saturated carbocycles. The van der Waals surface area contributed by atoms with Gasteiger partial charge in [0, 0.05) is 74.5 Å². The standard InChI is InChI=1S/C94H54N4O2S2/c1-3-20-56(21-4-1)79-53-81(61-42-44-64-67-49-69-65-27-8-14-33-83(65)100-86(69)52-77(67)94(75(64)47-61)73-31-12-17-36-88(73)101-89-37-18-13-32-74(89)94)98-92(95-79)58-40-38-55(39-41-58)59-24-19-25-60(46-59)80-54-82(97-91(96-80)57-22-5-2-6-23-57)62-43-45-90-78(48-62)93(72-30-11-16-35-87(72)102-90)71-29-10-7-26-63(71)68-51-85-70(50-76(68)93)66-28-9-15-34-84(66)99-85/h1-54H. The Hall–Kier alpha value is -12.5. The van der Waals surface area contributed by atoms with E-state index < -0.39 is 10.8 Å². The van der Waals surface area contributed by atoms with Crippen LogP contribution in [0.1, 0.15) is 44.5 Å². The Balaban J connectivity index is 0.653. The molecule has 14 aromatic carbocycles. The number of nitrogens with zero attached hydrogens (tertiary/aromatic N) is 4. The molecule has 6 heterocycles. The minimum absolute atomic E-state index is 0.631. The average Bonchev–Trinajstić information content (AvgIpc) is 1.50. The summed E-state index contributed by atoms with van der Waals surface area (Å²) >= 11 is 3.69. The van der Waals surface area contributed by atoms with Gasteiger partial charge in [0.1, 0.15) is 22.3 Å². The summed E-state index contributed by atoms with van der Waals surface area (Å²) in [6.07, 6.45) is 0. The quantitative estimate of drug-likeness (QED) is 0.156. The highest BCUT2D eigenvalue weighted by Gasteiger charge is 2.53. The maximum Gasteiger partial charge on any atom is 0.160 e. The largest absolute Gasteiger partial charge is 0.456 e. The van der Waals surface area contributed by atoms with Crippen molar-refractivity contribution >= 4 is 67.4 Å². The number of hydrogen-bond donors (Lipinski definition) is 0. The lowest BCUT2D eigenvalue weighted by Gasteiger charge is -2.40. The Morgan fingerprint density at radius 3 is 1.25 bits per heavy atom. The summed E-state index contributed by atoms with van der Waals surface area (Å²) in [6, 6.07) is 119. The fraction of sp³-hybridized carbons (Fsp3) is 0.0213. The predicted molar refractivity (Wildman–Crippen MR) is 413 cm³/mol. The van der Waals surface area contributed by atoms with E-state index in [0.717, 1.165) is 111 Å². The molecular weight excluding hydrogens is 1280 g/mol. The molecule has 102 heavy (non-hydrogen) atoms. The highest BCUT2D eigenvalue weighted by molar-refractivity contribution is 7.99. The molecule has 2 spiro atoms. The van der Waals surface area contributed by atoms with Crippen LogP contribution in [0.25, 0.3) is 145 Å². The highest BCUT2D eigenvalue weighted by atomic mass is 32.2. The molecule has 8 heteroatoms. The average molecular weight is 1340 g/mol. The number of aromatic nitrogens is 4. The van der Waals surface area contributed by atoms with Gasteiger partial charge >= 0.3 is 0 Å². The number of para-hydroxylation sites is 2. The van der Waals surface area contributed by atoms with Crippen molar-refractivity contribution < 1.29 is 8.83 Å². The molecule has 2 aliphatic carbocycles. The van der Waals surface area contributed by atoms with E-state index in [1.807, 2.05) is 41.7 Å². The third kappa shape index (κ3) is 8.39. The van der Waals surface area contributed by atoms with Gasteiger partial charge in [0.15, 0.2) is 11.6 Å². The van der Waals surface area contributed by atoms with Crippen molar-refractivity contribution in [2.45, 2.75) is 30.4 Å². The Bertz CT molecular complexity index is 6550. The third-order valence-corrected chi connectivity index (χ3v) is 24.0. The second-order valence-electron chi connectivity index (χ2n) is 27.0. The van der Waals surface area contributed by atoms with Gasteiger partial charge in [0.2, 0.25) is 0 Å². The molecule has 0 bridgehead atoms. The van der Waals surface area contributed by atoms with E-state index >= 15 is 0 Å². The lowest BCUT2D eigenvalue weighted by Crippen LogP contribution is -2.32. The predicted octanol–water partition coefficient (Wildman–Crippen LogP) is 24.4. The summed E-state index contributed by atoms with van der Waals surface area (Å²) < 4.78 is 13.3. The lowest BCUT2D eigenvalue weighted by molar-refractivity contribution is 0.664. The monoisotopic (exact) mass is 1330 g/mol. The Kier molecular flexibility index (Phi) is 12.4. The van der Waals surface area contributed by atoms with Gasteiger partial charge in [-0.25, -0.2) is 19.9 Å². The van der Waals surface area contributed by atoms with Crippen molar-refractivity contribution in [3.05, 3.63) is 372 Å². The van der Waals surface area contributed by atoms with Crippen molar-refractivity contribution in [1.82, 2.24) is 19.9 Å². The van der Waals surface area contributed by atoms with Gasteiger partial charge in [-0.1, -0.05) is 260 Å². The van der Waals surface area contributed by atoms with E-state index in [-0.39, 0.29) is 0 Å². The minimum Gasteiger partial charge on any atom is -0.456 e. The second-order valence-corrected chi connectivity index (χ2v) is 29.2. The van der Waals surface area contributed by atoms with Crippen LogP contribution in [0, 0.1) is 0 Å². The summed E-state index contributed by atoms with van der Waals surface area (Å²) in [4.78, 5) is 26.7. The molecule has 2 aliphatic heterocycles. The first kappa shape index (κ1) is 57.4. The van der Waals surface area contributed by atoms with Crippen LogP contribution in [-0.2, 0) is 10.8 Å². The van der Waals surface area contributed by atoms with Crippen molar-refractivity contribution in [3.8, 4) is 101 Å². The fourth-order valence-corrected chi connectivity index (χ4v) is 19.5. The number of benzene rings is 14. The van der Waals surface area contributed by atoms with Gasteiger partial charge in [-0.05, 0) is 169 Å². The first-order chi connectivity index (χ1) is 50.5.